The number of nitrogens with zero attached hydrogens (tertiary/aromatic N) is 1. The number of hydrogen-bond acceptors (Lipinski definition) is 3. The van der Waals surface area contributed by atoms with Crippen LogP contribution in [0.5, 0.6) is 0 Å². The fourth-order valence-electron chi connectivity index (χ4n) is 1.18. The van der Waals surface area contributed by atoms with Gasteiger partial charge in [-0.15, -0.1) is 11.3 Å². The Morgan fingerprint density at radius 1 is 1.50 bits per heavy atom. The van der Waals surface area contributed by atoms with Gasteiger partial charge in [0.25, 0.3) is 0 Å². The van der Waals surface area contributed by atoms with Crippen molar-refractivity contribution in [3.8, 4) is 0 Å². The highest BCUT2D eigenvalue weighted by atomic mass is 32.1. The van der Waals surface area contributed by atoms with Crippen molar-refractivity contribution in [1.29, 1.82) is 0 Å². The maximum absolute atomic E-state index is 9.93. The van der Waals surface area contributed by atoms with Gasteiger partial charge in [0.2, 0.25) is 0 Å². The fourth-order valence-corrected chi connectivity index (χ4v) is 2.18. The molecule has 0 radical (unpaired) electrons. The van der Waals surface area contributed by atoms with Crippen LogP contribution in [0.25, 0.3) is 10.2 Å². The number of hydrogen-bond donors (Lipinski definition) is 1. The van der Waals surface area contributed by atoms with Gasteiger partial charge in [0.1, 0.15) is 10.6 Å². The van der Waals surface area contributed by atoms with E-state index < -0.39 is 5.60 Å². The molecule has 2 rings (SSSR count). The van der Waals surface area contributed by atoms with Gasteiger partial charge in [0.15, 0.2) is 0 Å². The number of benzene rings is 1. The Balaban J connectivity index is 2.60. The molecule has 14 heavy (non-hydrogen) atoms. The highest BCUT2D eigenvalue weighted by Crippen LogP contribution is 2.30. The Morgan fingerprint density at radius 2 is 2.21 bits per heavy atom. The van der Waals surface area contributed by atoms with Crippen molar-refractivity contribution in [2.45, 2.75) is 12.5 Å². The Hall–Kier alpha value is -1.19. The molecule has 1 aromatic heterocycles. The summed E-state index contributed by atoms with van der Waals surface area (Å²) in [5.41, 5.74) is -0.0985. The molecule has 0 bridgehead atoms. The van der Waals surface area contributed by atoms with Crippen LogP contribution in [0.1, 0.15) is 11.9 Å². The smallest absolute Gasteiger partial charge is 0.131 e. The largest absolute Gasteiger partial charge is 0.379 e. The Kier molecular flexibility index (Phi) is 2.13. The van der Waals surface area contributed by atoms with Gasteiger partial charge in [0.05, 0.1) is 10.2 Å². The molecule has 0 saturated heterocycles. The topological polar surface area (TPSA) is 33.1 Å². The zero-order valence-corrected chi connectivity index (χ0v) is 8.71. The van der Waals surface area contributed by atoms with Gasteiger partial charge in [-0.1, -0.05) is 24.8 Å². The predicted molar refractivity (Wildman–Crippen MR) is 59.4 cm³/mol. The highest BCUT2D eigenvalue weighted by Gasteiger charge is 2.22. The molecule has 1 unspecified atom stereocenters. The maximum Gasteiger partial charge on any atom is 0.131 e. The summed E-state index contributed by atoms with van der Waals surface area (Å²) in [5.74, 6) is 0. The quantitative estimate of drug-likeness (QED) is 0.765. The summed E-state index contributed by atoms with van der Waals surface area (Å²) in [6.45, 7) is 5.29. The second-order valence-electron chi connectivity index (χ2n) is 3.34. The van der Waals surface area contributed by atoms with Crippen LogP contribution in [0.2, 0.25) is 0 Å². The van der Waals surface area contributed by atoms with Gasteiger partial charge < -0.3 is 5.11 Å². The molecule has 0 amide bonds. The normalized spacial score (nSPS) is 15.3. The van der Waals surface area contributed by atoms with E-state index >= 15 is 0 Å². The van der Waals surface area contributed by atoms with Crippen molar-refractivity contribution in [1.82, 2.24) is 4.98 Å². The first-order valence-electron chi connectivity index (χ1n) is 4.35. The van der Waals surface area contributed by atoms with Gasteiger partial charge in [0, 0.05) is 0 Å². The van der Waals surface area contributed by atoms with E-state index in [4.69, 9.17) is 0 Å². The molecular formula is C11H11NOS. The highest BCUT2D eigenvalue weighted by molar-refractivity contribution is 7.18. The van der Waals surface area contributed by atoms with E-state index in [0.29, 0.717) is 5.01 Å². The van der Waals surface area contributed by atoms with Crippen molar-refractivity contribution in [3.63, 3.8) is 0 Å². The van der Waals surface area contributed by atoms with E-state index in [-0.39, 0.29) is 0 Å². The maximum atomic E-state index is 9.93. The molecule has 3 heteroatoms. The van der Waals surface area contributed by atoms with Crippen molar-refractivity contribution in [3.05, 3.63) is 41.9 Å². The first kappa shape index (κ1) is 9.37. The van der Waals surface area contributed by atoms with E-state index in [9.17, 15) is 5.11 Å². The van der Waals surface area contributed by atoms with Gasteiger partial charge in [-0.3, -0.25) is 0 Å². The van der Waals surface area contributed by atoms with Crippen LogP contribution < -0.4 is 0 Å². The Labute approximate surface area is 86.5 Å². The molecule has 0 aliphatic carbocycles. The minimum absolute atomic E-state index is 0.689. The molecule has 2 nitrogen and oxygen atoms in total. The lowest BCUT2D eigenvalue weighted by Crippen LogP contribution is -2.16. The molecule has 0 spiro atoms. The second kappa shape index (κ2) is 3.19. The second-order valence-corrected chi connectivity index (χ2v) is 4.37. The van der Waals surface area contributed by atoms with Crippen LogP contribution >= 0.6 is 11.3 Å². The molecule has 72 valence electrons. The lowest BCUT2D eigenvalue weighted by molar-refractivity contribution is 0.111. The number of para-hydroxylation sites is 1. The predicted octanol–water partition coefficient (Wildman–Crippen LogP) is 2.69. The van der Waals surface area contributed by atoms with Crippen molar-refractivity contribution in [2.24, 2.45) is 0 Å². The summed E-state index contributed by atoms with van der Waals surface area (Å²) in [7, 11) is 0. The molecular weight excluding hydrogens is 194 g/mol. The first-order chi connectivity index (χ1) is 6.63. The zero-order chi connectivity index (χ0) is 10.2. The number of aromatic nitrogens is 1. The van der Waals surface area contributed by atoms with Crippen LogP contribution in [0.15, 0.2) is 36.9 Å². The van der Waals surface area contributed by atoms with Crippen LogP contribution in [0.4, 0.5) is 0 Å². The molecule has 1 atom stereocenters. The summed E-state index contributed by atoms with van der Waals surface area (Å²) in [6.07, 6.45) is 1.50. The minimum Gasteiger partial charge on any atom is -0.379 e. The van der Waals surface area contributed by atoms with Gasteiger partial charge in [-0.25, -0.2) is 4.98 Å². The zero-order valence-electron chi connectivity index (χ0n) is 7.90. The number of rotatable bonds is 2. The summed E-state index contributed by atoms with van der Waals surface area (Å²) >= 11 is 1.50. The monoisotopic (exact) mass is 205 g/mol. The van der Waals surface area contributed by atoms with Crippen LogP contribution in [0.3, 0.4) is 0 Å². The Bertz CT molecular complexity index is 440. The summed E-state index contributed by atoms with van der Waals surface area (Å²) in [4.78, 5) is 4.35. The van der Waals surface area contributed by atoms with E-state index in [1.807, 2.05) is 24.3 Å². The molecule has 0 saturated carbocycles. The SMILES string of the molecule is C=CC(C)(O)c1nc2ccccc2s1. The van der Waals surface area contributed by atoms with E-state index in [0.717, 1.165) is 10.2 Å². The third-order valence-corrected chi connectivity index (χ3v) is 3.39. The van der Waals surface area contributed by atoms with Gasteiger partial charge >= 0.3 is 0 Å². The van der Waals surface area contributed by atoms with Crippen LogP contribution in [0, 0.1) is 0 Å². The third-order valence-electron chi connectivity index (χ3n) is 2.12. The lowest BCUT2D eigenvalue weighted by Gasteiger charge is -2.13. The summed E-state index contributed by atoms with van der Waals surface area (Å²) in [5, 5.41) is 10.6. The summed E-state index contributed by atoms with van der Waals surface area (Å²) in [6, 6.07) is 7.84. The van der Waals surface area contributed by atoms with Crippen LogP contribution in [-0.4, -0.2) is 10.1 Å². The number of thiazole rings is 1. The number of fused-ring (bicyclic) bond motifs is 1. The average Bonchev–Trinajstić information content (AvgIpc) is 2.61. The number of aliphatic hydroxyl groups is 1. The molecule has 1 heterocycles. The Morgan fingerprint density at radius 3 is 2.86 bits per heavy atom. The van der Waals surface area contributed by atoms with E-state index in [1.165, 1.54) is 17.4 Å². The van der Waals surface area contributed by atoms with Gasteiger partial charge in [-0.2, -0.15) is 0 Å². The van der Waals surface area contributed by atoms with Crippen molar-refractivity contribution >= 4 is 21.6 Å². The molecule has 2 aromatic rings. The molecule has 0 aliphatic rings. The van der Waals surface area contributed by atoms with E-state index in [1.54, 1.807) is 6.92 Å². The van der Waals surface area contributed by atoms with Crippen molar-refractivity contribution in [2.75, 3.05) is 0 Å². The third kappa shape index (κ3) is 1.45. The molecule has 1 aromatic carbocycles. The average molecular weight is 205 g/mol. The minimum atomic E-state index is -1.02. The molecule has 1 N–H and O–H groups in total. The molecule has 0 fully saturated rings. The standard InChI is InChI=1S/C11H11NOS/c1-3-11(2,13)10-12-8-6-4-5-7-9(8)14-10/h3-7,13H,1H2,2H3. The lowest BCUT2D eigenvalue weighted by atomic mass is 10.1. The summed E-state index contributed by atoms with van der Waals surface area (Å²) < 4.78 is 1.09. The van der Waals surface area contributed by atoms with Gasteiger partial charge in [-0.05, 0) is 19.1 Å². The van der Waals surface area contributed by atoms with Crippen molar-refractivity contribution < 1.29 is 5.11 Å². The first-order valence-corrected chi connectivity index (χ1v) is 5.17. The van der Waals surface area contributed by atoms with E-state index in [2.05, 4.69) is 11.6 Å². The molecule has 0 aliphatic heterocycles. The van der Waals surface area contributed by atoms with Crippen LogP contribution in [-0.2, 0) is 5.60 Å². The fraction of sp³-hybridized carbons (Fsp3) is 0.182.